The summed E-state index contributed by atoms with van der Waals surface area (Å²) in [6.45, 7) is 11.2. The van der Waals surface area contributed by atoms with E-state index in [1.807, 2.05) is 54.6 Å². The number of H-pyrrole nitrogens is 1. The molecule has 0 unspecified atom stereocenters. The first-order chi connectivity index (χ1) is 16.9. The Balaban J connectivity index is 0.000000638. The Morgan fingerprint density at radius 1 is 1.26 bits per heavy atom. The fourth-order valence-electron chi connectivity index (χ4n) is 4.42. The van der Waals surface area contributed by atoms with Gasteiger partial charge in [-0.05, 0) is 75.3 Å². The molecular weight excluding hydrogens is 440 g/mol. The molecule has 2 N–H and O–H groups in total. The van der Waals surface area contributed by atoms with Crippen LogP contribution in [0.2, 0.25) is 0 Å². The number of fused-ring (bicyclic) bond motifs is 1. The monoisotopic (exact) mass is 476 g/mol. The Labute approximate surface area is 206 Å². The van der Waals surface area contributed by atoms with Crippen molar-refractivity contribution in [2.24, 2.45) is 5.92 Å². The Bertz CT molecular complexity index is 1260. The number of aromatic nitrogens is 3. The van der Waals surface area contributed by atoms with Crippen molar-refractivity contribution in [3.8, 4) is 6.07 Å². The molecule has 5 rings (SSSR count). The number of likely N-dealkylation sites (tertiary alicyclic amines) is 1. The van der Waals surface area contributed by atoms with Crippen molar-refractivity contribution in [3.63, 3.8) is 0 Å². The van der Waals surface area contributed by atoms with Gasteiger partial charge in [0.25, 0.3) is 11.5 Å². The van der Waals surface area contributed by atoms with Crippen molar-refractivity contribution in [3.05, 3.63) is 51.9 Å². The van der Waals surface area contributed by atoms with Crippen molar-refractivity contribution in [2.75, 3.05) is 11.9 Å². The number of nitriles is 1. The van der Waals surface area contributed by atoms with Gasteiger partial charge in [0.2, 0.25) is 0 Å². The van der Waals surface area contributed by atoms with Crippen LogP contribution in [0.15, 0.2) is 35.3 Å². The van der Waals surface area contributed by atoms with Crippen LogP contribution in [0.25, 0.3) is 10.9 Å². The zero-order chi connectivity index (χ0) is 25.5. The van der Waals surface area contributed by atoms with Crippen LogP contribution in [0.4, 0.5) is 11.5 Å². The molecule has 0 radical (unpaired) electrons. The Hall–Kier alpha value is -3.60. The molecule has 1 saturated carbocycles. The highest BCUT2D eigenvalue weighted by Gasteiger charge is 2.27. The van der Waals surface area contributed by atoms with Crippen LogP contribution < -0.4 is 10.9 Å². The van der Waals surface area contributed by atoms with Gasteiger partial charge in [-0.2, -0.15) is 10.4 Å². The predicted octanol–water partition coefficient (Wildman–Crippen LogP) is 5.37. The maximum atomic E-state index is 12.9. The topological polar surface area (TPSA) is 107 Å². The van der Waals surface area contributed by atoms with E-state index in [2.05, 4.69) is 17.2 Å². The number of pyridine rings is 1. The molecule has 186 valence electrons. The van der Waals surface area contributed by atoms with Gasteiger partial charge in [0, 0.05) is 43.5 Å². The lowest BCUT2D eigenvalue weighted by Crippen LogP contribution is -2.34. The third kappa shape index (κ3) is 5.91. The van der Waals surface area contributed by atoms with E-state index in [0.717, 1.165) is 48.3 Å². The smallest absolute Gasteiger partial charge is 0.261 e. The maximum absolute atomic E-state index is 12.9. The van der Waals surface area contributed by atoms with E-state index in [9.17, 15) is 9.59 Å². The number of nitrogens with zero attached hydrogens (tertiary/aromatic N) is 4. The molecule has 1 atom stereocenters. The summed E-state index contributed by atoms with van der Waals surface area (Å²) in [6, 6.07) is 9.67. The first-order valence-electron chi connectivity index (χ1n) is 12.5. The standard InChI is InChI=1S/C23H27N5O2.C2H3N.C2H6/c1-14-12-17(7-8-18(14)23(30)27-11-3-4-15(27)2)25-21-20-19(9-10-24-22(20)29)28(26-21)13-16-5-6-16;1-2-3;1-2/h7-10,12,15-16H,3-6,11,13H2,1-2H3,(H,24,29)(H,25,26);1H3;1-2H3/t15-;;/m1../s1. The van der Waals surface area contributed by atoms with Crippen molar-refractivity contribution in [2.45, 2.75) is 72.9 Å². The highest BCUT2D eigenvalue weighted by Crippen LogP contribution is 2.33. The Morgan fingerprint density at radius 3 is 2.57 bits per heavy atom. The maximum Gasteiger partial charge on any atom is 0.261 e. The molecule has 8 heteroatoms. The quantitative estimate of drug-likeness (QED) is 0.515. The second kappa shape index (κ2) is 11.7. The summed E-state index contributed by atoms with van der Waals surface area (Å²) in [5.74, 6) is 1.31. The molecule has 1 amide bonds. The van der Waals surface area contributed by atoms with Crippen LogP contribution in [-0.2, 0) is 6.54 Å². The number of aryl methyl sites for hydroxylation is 1. The van der Waals surface area contributed by atoms with Gasteiger partial charge in [-0.25, -0.2) is 0 Å². The van der Waals surface area contributed by atoms with E-state index in [0.29, 0.717) is 23.2 Å². The van der Waals surface area contributed by atoms with Gasteiger partial charge in [0.05, 0.1) is 11.6 Å². The summed E-state index contributed by atoms with van der Waals surface area (Å²) in [5, 5.41) is 15.9. The Morgan fingerprint density at radius 2 is 1.97 bits per heavy atom. The largest absolute Gasteiger partial charge is 0.338 e. The SMILES string of the molecule is CC.CC#N.Cc1cc(Nc2nn(CC3CC3)c3cc[nH]c(=O)c23)ccc1C(=O)N1CCC[C@H]1C. The molecular formula is C27H36N6O2. The normalized spacial score (nSPS) is 16.6. The first kappa shape index (κ1) is 26.0. The lowest BCUT2D eigenvalue weighted by Gasteiger charge is -2.22. The van der Waals surface area contributed by atoms with Gasteiger partial charge >= 0.3 is 0 Å². The molecule has 1 aliphatic carbocycles. The van der Waals surface area contributed by atoms with E-state index in [-0.39, 0.29) is 11.5 Å². The van der Waals surface area contributed by atoms with E-state index in [4.69, 9.17) is 10.4 Å². The molecule has 0 bridgehead atoms. The van der Waals surface area contributed by atoms with Crippen LogP contribution in [-0.4, -0.2) is 38.2 Å². The zero-order valence-corrected chi connectivity index (χ0v) is 21.4. The summed E-state index contributed by atoms with van der Waals surface area (Å²) >= 11 is 0. The third-order valence-electron chi connectivity index (χ3n) is 6.34. The van der Waals surface area contributed by atoms with Crippen LogP contribution >= 0.6 is 0 Å². The molecule has 2 aliphatic rings. The van der Waals surface area contributed by atoms with Gasteiger partial charge < -0.3 is 15.2 Å². The minimum Gasteiger partial charge on any atom is -0.338 e. The molecule has 0 spiro atoms. The number of carbonyl (C=O) groups excluding carboxylic acids is 1. The average molecular weight is 477 g/mol. The summed E-state index contributed by atoms with van der Waals surface area (Å²) in [4.78, 5) is 30.1. The van der Waals surface area contributed by atoms with Crippen molar-refractivity contribution in [1.29, 1.82) is 5.26 Å². The number of anilines is 2. The fourth-order valence-corrected chi connectivity index (χ4v) is 4.42. The molecule has 1 saturated heterocycles. The Kier molecular flexibility index (Phi) is 8.69. The van der Waals surface area contributed by atoms with Crippen LogP contribution in [0, 0.1) is 24.2 Å². The summed E-state index contributed by atoms with van der Waals surface area (Å²) < 4.78 is 1.93. The van der Waals surface area contributed by atoms with Gasteiger partial charge in [0.1, 0.15) is 5.39 Å². The van der Waals surface area contributed by atoms with Crippen molar-refractivity contribution >= 4 is 28.3 Å². The highest BCUT2D eigenvalue weighted by molar-refractivity contribution is 5.97. The van der Waals surface area contributed by atoms with Gasteiger partial charge in [-0.3, -0.25) is 14.3 Å². The van der Waals surface area contributed by atoms with Gasteiger partial charge in [0.15, 0.2) is 5.82 Å². The van der Waals surface area contributed by atoms with Crippen LogP contribution in [0.1, 0.15) is 69.3 Å². The molecule has 1 aliphatic heterocycles. The second-order valence-corrected chi connectivity index (χ2v) is 8.91. The number of hydrogen-bond donors (Lipinski definition) is 2. The molecule has 3 aromatic rings. The number of aromatic amines is 1. The number of hydrogen-bond acceptors (Lipinski definition) is 5. The highest BCUT2D eigenvalue weighted by atomic mass is 16.2. The molecule has 3 heterocycles. The predicted molar refractivity (Wildman–Crippen MR) is 140 cm³/mol. The van der Waals surface area contributed by atoms with Crippen molar-refractivity contribution in [1.82, 2.24) is 19.7 Å². The minimum atomic E-state index is -0.149. The second-order valence-electron chi connectivity index (χ2n) is 8.91. The van der Waals surface area contributed by atoms with Gasteiger partial charge in [-0.15, -0.1) is 0 Å². The van der Waals surface area contributed by atoms with Crippen molar-refractivity contribution < 1.29 is 4.79 Å². The number of carbonyl (C=O) groups is 1. The van der Waals surface area contributed by atoms with Gasteiger partial charge in [-0.1, -0.05) is 13.8 Å². The van der Waals surface area contributed by atoms with E-state index >= 15 is 0 Å². The lowest BCUT2D eigenvalue weighted by atomic mass is 10.1. The number of benzene rings is 1. The summed E-state index contributed by atoms with van der Waals surface area (Å²) in [5.41, 5.74) is 3.17. The number of nitrogens with one attached hydrogen (secondary N) is 2. The summed E-state index contributed by atoms with van der Waals surface area (Å²) in [7, 11) is 0. The molecule has 1 aromatic carbocycles. The molecule has 2 aromatic heterocycles. The summed E-state index contributed by atoms with van der Waals surface area (Å²) in [6.07, 6.45) is 6.24. The van der Waals surface area contributed by atoms with E-state index in [1.54, 1.807) is 12.3 Å². The van der Waals surface area contributed by atoms with Crippen LogP contribution in [0.3, 0.4) is 0 Å². The van der Waals surface area contributed by atoms with Crippen LogP contribution in [0.5, 0.6) is 0 Å². The minimum absolute atomic E-state index is 0.0969. The molecule has 8 nitrogen and oxygen atoms in total. The average Bonchev–Trinajstić information content (AvgIpc) is 3.45. The molecule has 35 heavy (non-hydrogen) atoms. The lowest BCUT2D eigenvalue weighted by molar-refractivity contribution is 0.0747. The molecule has 2 fully saturated rings. The third-order valence-corrected chi connectivity index (χ3v) is 6.34. The zero-order valence-electron chi connectivity index (χ0n) is 21.4. The number of amides is 1. The first-order valence-corrected chi connectivity index (χ1v) is 12.5. The van der Waals surface area contributed by atoms with E-state index < -0.39 is 0 Å². The fraction of sp³-hybridized carbons (Fsp3) is 0.481. The number of rotatable bonds is 5. The van der Waals surface area contributed by atoms with E-state index in [1.165, 1.54) is 19.8 Å².